The lowest BCUT2D eigenvalue weighted by molar-refractivity contribution is -0.154. The highest BCUT2D eigenvalue weighted by Gasteiger charge is 2.40. The normalized spacial score (nSPS) is 17.2. The molecule has 6 heteroatoms. The number of rotatable bonds is 4. The Balaban J connectivity index is 2.09. The van der Waals surface area contributed by atoms with E-state index in [1.54, 1.807) is 12.1 Å². The molecule has 2 rings (SSSR count). The molecule has 1 heterocycles. The first-order valence-electron chi connectivity index (χ1n) is 6.81. The third-order valence-electron chi connectivity index (χ3n) is 4.00. The van der Waals surface area contributed by atoms with Gasteiger partial charge in [-0.3, -0.25) is 9.59 Å². The first kappa shape index (κ1) is 16.0. The van der Waals surface area contributed by atoms with Crippen LogP contribution in [0.15, 0.2) is 22.7 Å². The molecule has 1 fully saturated rings. The Hall–Kier alpha value is -1.40. The molecular weight excluding hydrogens is 338 g/mol. The summed E-state index contributed by atoms with van der Waals surface area (Å²) < 4.78 is 6.07. The molecule has 0 spiro atoms. The molecular formula is C15H18BrNO4. The highest BCUT2D eigenvalue weighted by atomic mass is 79.9. The van der Waals surface area contributed by atoms with E-state index in [9.17, 15) is 14.7 Å². The molecule has 1 amide bonds. The first-order chi connectivity index (χ1) is 9.96. The zero-order chi connectivity index (χ0) is 15.5. The van der Waals surface area contributed by atoms with Gasteiger partial charge in [-0.25, -0.2) is 0 Å². The van der Waals surface area contributed by atoms with Crippen LogP contribution >= 0.6 is 15.9 Å². The summed E-state index contributed by atoms with van der Waals surface area (Å²) in [6, 6.07) is 5.38. The Bertz CT molecular complexity index is 553. The molecule has 2 N–H and O–H groups in total. The molecule has 0 aromatic heterocycles. The van der Waals surface area contributed by atoms with Crippen molar-refractivity contribution in [3.8, 4) is 0 Å². The average molecular weight is 356 g/mol. The lowest BCUT2D eigenvalue weighted by Gasteiger charge is -2.33. The van der Waals surface area contributed by atoms with Gasteiger partial charge in [-0.2, -0.15) is 0 Å². The maximum Gasteiger partial charge on any atom is 0.311 e. The van der Waals surface area contributed by atoms with Gasteiger partial charge in [0.05, 0.1) is 5.41 Å². The van der Waals surface area contributed by atoms with E-state index in [-0.39, 0.29) is 12.5 Å². The number of amides is 1. The van der Waals surface area contributed by atoms with Gasteiger partial charge in [-0.15, -0.1) is 0 Å². The Morgan fingerprint density at radius 2 is 2.05 bits per heavy atom. The fourth-order valence-corrected chi connectivity index (χ4v) is 2.79. The Kier molecular flexibility index (Phi) is 5.00. The van der Waals surface area contributed by atoms with Crippen molar-refractivity contribution in [2.45, 2.75) is 19.8 Å². The number of aliphatic carboxylic acids is 1. The summed E-state index contributed by atoms with van der Waals surface area (Å²) in [7, 11) is 0. The van der Waals surface area contributed by atoms with Crippen LogP contribution < -0.4 is 5.32 Å². The summed E-state index contributed by atoms with van der Waals surface area (Å²) in [5.74, 6) is -1.13. The van der Waals surface area contributed by atoms with Crippen molar-refractivity contribution in [3.63, 3.8) is 0 Å². The quantitative estimate of drug-likeness (QED) is 0.869. The third kappa shape index (κ3) is 3.44. The molecule has 0 saturated carbocycles. The molecule has 0 bridgehead atoms. The number of carbonyl (C=O) groups excluding carboxylic acids is 1. The van der Waals surface area contributed by atoms with Gasteiger partial charge in [0.25, 0.3) is 5.91 Å². The number of nitrogens with one attached hydrogen (secondary N) is 1. The molecule has 1 aliphatic heterocycles. The second kappa shape index (κ2) is 6.58. The van der Waals surface area contributed by atoms with Crippen LogP contribution in [0.4, 0.5) is 0 Å². The summed E-state index contributed by atoms with van der Waals surface area (Å²) in [6.45, 7) is 2.80. The maximum absolute atomic E-state index is 12.3. The minimum atomic E-state index is -0.923. The predicted molar refractivity (Wildman–Crippen MR) is 81.3 cm³/mol. The summed E-state index contributed by atoms with van der Waals surface area (Å²) in [5, 5.41) is 12.2. The molecule has 114 valence electrons. The number of carboxylic acid groups (broad SMARTS) is 1. The fraction of sp³-hybridized carbons (Fsp3) is 0.467. The maximum atomic E-state index is 12.3. The van der Waals surface area contributed by atoms with E-state index in [4.69, 9.17) is 4.74 Å². The van der Waals surface area contributed by atoms with Gasteiger partial charge < -0.3 is 15.2 Å². The van der Waals surface area contributed by atoms with Crippen LogP contribution in [0.3, 0.4) is 0 Å². The van der Waals surface area contributed by atoms with E-state index in [2.05, 4.69) is 21.2 Å². The minimum absolute atomic E-state index is 0.122. The van der Waals surface area contributed by atoms with E-state index < -0.39 is 11.4 Å². The van der Waals surface area contributed by atoms with Crippen molar-refractivity contribution >= 4 is 27.8 Å². The fourth-order valence-electron chi connectivity index (χ4n) is 2.43. The van der Waals surface area contributed by atoms with Crippen molar-refractivity contribution in [1.82, 2.24) is 5.32 Å². The Labute approximate surface area is 131 Å². The number of hydrogen-bond acceptors (Lipinski definition) is 3. The van der Waals surface area contributed by atoms with Crippen LogP contribution in [0.5, 0.6) is 0 Å². The number of carbonyl (C=O) groups is 2. The van der Waals surface area contributed by atoms with Crippen LogP contribution in [0, 0.1) is 12.3 Å². The zero-order valence-electron chi connectivity index (χ0n) is 11.8. The van der Waals surface area contributed by atoms with E-state index in [0.717, 1.165) is 10.0 Å². The second-order valence-electron chi connectivity index (χ2n) is 5.29. The summed E-state index contributed by atoms with van der Waals surface area (Å²) >= 11 is 3.39. The summed E-state index contributed by atoms with van der Waals surface area (Å²) in [6.07, 6.45) is 0.833. The van der Waals surface area contributed by atoms with Gasteiger partial charge >= 0.3 is 5.97 Å². The standard InChI is InChI=1S/C15H18BrNO4/c1-10-11(3-2-4-12(10)16)13(18)17-9-15(14(19)20)5-7-21-8-6-15/h2-4H,5-9H2,1H3,(H,17,18)(H,19,20). The Morgan fingerprint density at radius 3 is 2.67 bits per heavy atom. The predicted octanol–water partition coefficient (Wildman–Crippen LogP) is 2.37. The SMILES string of the molecule is Cc1c(Br)cccc1C(=O)NCC1(C(=O)O)CCOCC1. The molecule has 1 saturated heterocycles. The average Bonchev–Trinajstić information content (AvgIpc) is 2.48. The lowest BCUT2D eigenvalue weighted by atomic mass is 9.80. The number of hydrogen-bond donors (Lipinski definition) is 2. The molecule has 5 nitrogen and oxygen atoms in total. The Morgan fingerprint density at radius 1 is 1.38 bits per heavy atom. The molecule has 1 aromatic rings. The highest BCUT2D eigenvalue weighted by molar-refractivity contribution is 9.10. The van der Waals surface area contributed by atoms with Gasteiger partial charge in [0.1, 0.15) is 0 Å². The van der Waals surface area contributed by atoms with Crippen molar-refractivity contribution < 1.29 is 19.4 Å². The molecule has 21 heavy (non-hydrogen) atoms. The topological polar surface area (TPSA) is 75.6 Å². The van der Waals surface area contributed by atoms with Crippen LogP contribution in [-0.4, -0.2) is 36.7 Å². The van der Waals surface area contributed by atoms with Gasteiger partial charge in [0.15, 0.2) is 0 Å². The van der Waals surface area contributed by atoms with Crippen LogP contribution in [0.1, 0.15) is 28.8 Å². The van der Waals surface area contributed by atoms with Crippen LogP contribution in [0.2, 0.25) is 0 Å². The largest absolute Gasteiger partial charge is 0.481 e. The number of benzene rings is 1. The molecule has 1 aliphatic rings. The van der Waals surface area contributed by atoms with E-state index in [1.807, 2.05) is 13.0 Å². The van der Waals surface area contributed by atoms with Crippen molar-refractivity contribution in [3.05, 3.63) is 33.8 Å². The number of ether oxygens (including phenoxy) is 1. The van der Waals surface area contributed by atoms with Crippen molar-refractivity contribution in [2.75, 3.05) is 19.8 Å². The number of halogens is 1. The molecule has 0 unspecified atom stereocenters. The van der Waals surface area contributed by atoms with Crippen LogP contribution in [-0.2, 0) is 9.53 Å². The van der Waals surface area contributed by atoms with E-state index in [1.165, 1.54) is 0 Å². The van der Waals surface area contributed by atoms with Crippen molar-refractivity contribution in [2.24, 2.45) is 5.41 Å². The van der Waals surface area contributed by atoms with Gasteiger partial charge in [0, 0.05) is 29.8 Å². The molecule has 0 aliphatic carbocycles. The summed E-state index contributed by atoms with van der Waals surface area (Å²) in [5.41, 5.74) is 0.469. The highest BCUT2D eigenvalue weighted by Crippen LogP contribution is 2.30. The second-order valence-corrected chi connectivity index (χ2v) is 6.15. The van der Waals surface area contributed by atoms with Gasteiger partial charge in [-0.05, 0) is 37.5 Å². The monoisotopic (exact) mass is 355 g/mol. The molecule has 0 radical (unpaired) electrons. The summed E-state index contributed by atoms with van der Waals surface area (Å²) in [4.78, 5) is 23.8. The van der Waals surface area contributed by atoms with Crippen LogP contribution in [0.25, 0.3) is 0 Å². The zero-order valence-corrected chi connectivity index (χ0v) is 13.4. The lowest BCUT2D eigenvalue weighted by Crippen LogP contribution is -2.46. The van der Waals surface area contributed by atoms with E-state index in [0.29, 0.717) is 31.6 Å². The molecule has 1 aromatic carbocycles. The first-order valence-corrected chi connectivity index (χ1v) is 7.60. The third-order valence-corrected chi connectivity index (χ3v) is 4.86. The smallest absolute Gasteiger partial charge is 0.311 e. The van der Waals surface area contributed by atoms with Gasteiger partial charge in [0.2, 0.25) is 0 Å². The van der Waals surface area contributed by atoms with Gasteiger partial charge in [-0.1, -0.05) is 22.0 Å². The van der Waals surface area contributed by atoms with E-state index >= 15 is 0 Å². The minimum Gasteiger partial charge on any atom is -0.481 e. The molecule has 0 atom stereocenters. The number of carboxylic acids is 1. The van der Waals surface area contributed by atoms with Crippen molar-refractivity contribution in [1.29, 1.82) is 0 Å².